The van der Waals surface area contributed by atoms with Gasteiger partial charge in [-0.15, -0.1) is 0 Å². The molecule has 1 saturated heterocycles. The van der Waals surface area contributed by atoms with Crippen LogP contribution in [0.4, 0.5) is 0 Å². The molecule has 1 heterocycles. The van der Waals surface area contributed by atoms with Crippen molar-refractivity contribution in [3.63, 3.8) is 0 Å². The van der Waals surface area contributed by atoms with E-state index >= 15 is 0 Å². The highest BCUT2D eigenvalue weighted by molar-refractivity contribution is 5.81. The van der Waals surface area contributed by atoms with E-state index in [1.807, 2.05) is 43.0 Å². The van der Waals surface area contributed by atoms with E-state index in [2.05, 4.69) is 0 Å². The Labute approximate surface area is 120 Å². The fourth-order valence-electron chi connectivity index (χ4n) is 2.66. The second-order valence-electron chi connectivity index (χ2n) is 5.08. The van der Waals surface area contributed by atoms with E-state index in [1.165, 1.54) is 0 Å². The third-order valence-electron chi connectivity index (χ3n) is 3.87. The number of carbonyl (C=O) groups excluding carboxylic acids is 1. The van der Waals surface area contributed by atoms with Gasteiger partial charge >= 0.3 is 0 Å². The maximum absolute atomic E-state index is 12.5. The molecule has 0 aromatic heterocycles. The molecule has 2 atom stereocenters. The van der Waals surface area contributed by atoms with E-state index in [9.17, 15) is 4.79 Å². The lowest BCUT2D eigenvalue weighted by atomic mass is 10.1. The quantitative estimate of drug-likeness (QED) is 0.830. The van der Waals surface area contributed by atoms with Crippen molar-refractivity contribution in [2.45, 2.75) is 38.8 Å². The van der Waals surface area contributed by atoms with Gasteiger partial charge < -0.3 is 14.4 Å². The molecule has 2 rings (SSSR count). The minimum atomic E-state index is -0.261. The fourth-order valence-corrected chi connectivity index (χ4v) is 2.66. The second kappa shape index (κ2) is 6.75. The van der Waals surface area contributed by atoms with E-state index in [0.29, 0.717) is 13.2 Å². The zero-order chi connectivity index (χ0) is 14.5. The van der Waals surface area contributed by atoms with Crippen molar-refractivity contribution in [2.24, 2.45) is 0 Å². The molecule has 20 heavy (non-hydrogen) atoms. The molecular weight excluding hydrogens is 254 g/mol. The van der Waals surface area contributed by atoms with Gasteiger partial charge in [0.1, 0.15) is 11.9 Å². The van der Waals surface area contributed by atoms with E-state index in [4.69, 9.17) is 9.47 Å². The monoisotopic (exact) mass is 277 g/mol. The van der Waals surface area contributed by atoms with Gasteiger partial charge in [-0.2, -0.15) is 0 Å². The van der Waals surface area contributed by atoms with Gasteiger partial charge in [-0.3, -0.25) is 4.79 Å². The number of hydrogen-bond acceptors (Lipinski definition) is 3. The molecule has 1 aromatic rings. The van der Waals surface area contributed by atoms with Crippen LogP contribution in [0.5, 0.6) is 5.75 Å². The summed E-state index contributed by atoms with van der Waals surface area (Å²) in [7, 11) is 1.65. The normalized spacial score (nSPS) is 19.6. The van der Waals surface area contributed by atoms with Crippen molar-refractivity contribution in [3.8, 4) is 5.75 Å². The van der Waals surface area contributed by atoms with Crippen molar-refractivity contribution in [1.29, 1.82) is 0 Å². The number of nitrogens with zero attached hydrogens (tertiary/aromatic N) is 1. The van der Waals surface area contributed by atoms with Crippen LogP contribution in [-0.4, -0.2) is 37.2 Å². The van der Waals surface area contributed by atoms with Crippen LogP contribution < -0.4 is 4.74 Å². The molecule has 1 aliphatic heterocycles. The fraction of sp³-hybridized carbons (Fsp3) is 0.562. The Balaban J connectivity index is 2.14. The molecule has 4 nitrogen and oxygen atoms in total. The molecule has 0 saturated carbocycles. The molecule has 0 N–H and O–H groups in total. The first-order valence-electron chi connectivity index (χ1n) is 7.23. The second-order valence-corrected chi connectivity index (χ2v) is 5.08. The average Bonchev–Trinajstić information content (AvgIpc) is 3.02. The molecule has 1 amide bonds. The highest BCUT2D eigenvalue weighted by Crippen LogP contribution is 2.26. The summed E-state index contributed by atoms with van der Waals surface area (Å²) in [6, 6.07) is 7.89. The summed E-state index contributed by atoms with van der Waals surface area (Å²) in [5.74, 6) is 0.912. The molecule has 0 radical (unpaired) electrons. The van der Waals surface area contributed by atoms with Gasteiger partial charge in [0.25, 0.3) is 5.91 Å². The minimum absolute atomic E-state index is 0.0202. The summed E-state index contributed by atoms with van der Waals surface area (Å²) < 4.78 is 10.8. The zero-order valence-electron chi connectivity index (χ0n) is 12.5. The van der Waals surface area contributed by atoms with E-state index in [-0.39, 0.29) is 18.1 Å². The predicted molar refractivity (Wildman–Crippen MR) is 77.8 cm³/mol. The average molecular weight is 277 g/mol. The topological polar surface area (TPSA) is 38.8 Å². The Morgan fingerprint density at radius 2 is 2.35 bits per heavy atom. The standard InChI is InChI=1S/C16H23NO3/c1-4-17(16(18)15-9-6-10-20-15)12(2)13-7-5-8-14(11-13)19-3/h5,7-8,11-12,15H,4,6,9-10H2,1-3H3/t12-,15+/m1/s1. The van der Waals surface area contributed by atoms with Crippen LogP contribution in [0.25, 0.3) is 0 Å². The lowest BCUT2D eigenvalue weighted by molar-refractivity contribution is -0.143. The molecular formula is C16H23NO3. The summed E-state index contributed by atoms with van der Waals surface area (Å²) in [5, 5.41) is 0. The predicted octanol–water partition coefficient (Wildman–Crippen LogP) is 2.78. The van der Waals surface area contributed by atoms with Gasteiger partial charge in [-0.1, -0.05) is 12.1 Å². The Morgan fingerprint density at radius 1 is 1.55 bits per heavy atom. The number of ether oxygens (including phenoxy) is 2. The highest BCUT2D eigenvalue weighted by Gasteiger charge is 2.30. The van der Waals surface area contributed by atoms with Crippen molar-refractivity contribution in [3.05, 3.63) is 29.8 Å². The summed E-state index contributed by atoms with van der Waals surface area (Å²) in [4.78, 5) is 14.4. The molecule has 0 aliphatic carbocycles. The minimum Gasteiger partial charge on any atom is -0.497 e. The van der Waals surface area contributed by atoms with Gasteiger partial charge in [0.15, 0.2) is 0 Å². The van der Waals surface area contributed by atoms with E-state index in [0.717, 1.165) is 24.2 Å². The van der Waals surface area contributed by atoms with Crippen molar-refractivity contribution < 1.29 is 14.3 Å². The molecule has 1 aromatic carbocycles. The Hall–Kier alpha value is -1.55. The number of amides is 1. The highest BCUT2D eigenvalue weighted by atomic mass is 16.5. The van der Waals surface area contributed by atoms with E-state index < -0.39 is 0 Å². The molecule has 0 spiro atoms. The summed E-state index contributed by atoms with van der Waals surface area (Å²) in [5.41, 5.74) is 1.08. The third-order valence-corrected chi connectivity index (χ3v) is 3.87. The van der Waals surface area contributed by atoms with Gasteiger partial charge in [-0.25, -0.2) is 0 Å². The van der Waals surface area contributed by atoms with Crippen molar-refractivity contribution in [1.82, 2.24) is 4.90 Å². The van der Waals surface area contributed by atoms with Crippen LogP contribution in [-0.2, 0) is 9.53 Å². The summed E-state index contributed by atoms with van der Waals surface area (Å²) >= 11 is 0. The molecule has 4 heteroatoms. The van der Waals surface area contributed by atoms with Gasteiger partial charge in [-0.05, 0) is 44.4 Å². The van der Waals surface area contributed by atoms with Crippen LogP contribution in [0.2, 0.25) is 0 Å². The van der Waals surface area contributed by atoms with Crippen LogP contribution in [0.15, 0.2) is 24.3 Å². The number of likely N-dealkylation sites (N-methyl/N-ethyl adjacent to an activating group) is 1. The number of hydrogen-bond donors (Lipinski definition) is 0. The van der Waals surface area contributed by atoms with Crippen LogP contribution in [0, 0.1) is 0 Å². The third kappa shape index (κ3) is 3.12. The summed E-state index contributed by atoms with van der Waals surface area (Å²) in [6.07, 6.45) is 1.55. The van der Waals surface area contributed by atoms with Crippen LogP contribution in [0.3, 0.4) is 0 Å². The van der Waals surface area contributed by atoms with Crippen LogP contribution in [0.1, 0.15) is 38.3 Å². The number of methoxy groups -OCH3 is 1. The van der Waals surface area contributed by atoms with Crippen molar-refractivity contribution in [2.75, 3.05) is 20.3 Å². The molecule has 1 fully saturated rings. The first-order chi connectivity index (χ1) is 9.67. The smallest absolute Gasteiger partial charge is 0.252 e. The van der Waals surface area contributed by atoms with Gasteiger partial charge in [0.05, 0.1) is 13.2 Å². The molecule has 0 unspecified atom stereocenters. The molecule has 0 bridgehead atoms. The maximum Gasteiger partial charge on any atom is 0.252 e. The lowest BCUT2D eigenvalue weighted by Crippen LogP contribution is -2.40. The number of benzene rings is 1. The van der Waals surface area contributed by atoms with Crippen molar-refractivity contribution >= 4 is 5.91 Å². The number of carbonyl (C=O) groups is 1. The van der Waals surface area contributed by atoms with E-state index in [1.54, 1.807) is 7.11 Å². The lowest BCUT2D eigenvalue weighted by Gasteiger charge is -2.30. The first-order valence-corrected chi connectivity index (χ1v) is 7.23. The van der Waals surface area contributed by atoms with Gasteiger partial charge in [0, 0.05) is 13.2 Å². The summed E-state index contributed by atoms with van der Waals surface area (Å²) in [6.45, 7) is 5.42. The number of rotatable bonds is 5. The Bertz CT molecular complexity index is 455. The molecule has 110 valence electrons. The largest absolute Gasteiger partial charge is 0.497 e. The first kappa shape index (κ1) is 14.9. The van der Waals surface area contributed by atoms with Crippen LogP contribution >= 0.6 is 0 Å². The van der Waals surface area contributed by atoms with Gasteiger partial charge in [0.2, 0.25) is 0 Å². The molecule has 1 aliphatic rings. The maximum atomic E-state index is 12.5. The zero-order valence-corrected chi connectivity index (χ0v) is 12.5. The Kier molecular flexibility index (Phi) is 5.01. The SMILES string of the molecule is CCN(C(=O)[C@@H]1CCCO1)[C@H](C)c1cccc(OC)c1. The Morgan fingerprint density at radius 3 is 2.95 bits per heavy atom.